The minimum atomic E-state index is -3.56. The molecule has 7 heteroatoms. The van der Waals surface area contributed by atoms with Crippen LogP contribution in [0.5, 0.6) is 0 Å². The largest absolute Gasteiger partial charge is 0.439 e. The van der Waals surface area contributed by atoms with E-state index in [1.165, 1.54) is 12.1 Å². The van der Waals surface area contributed by atoms with E-state index in [9.17, 15) is 8.96 Å². The summed E-state index contributed by atoms with van der Waals surface area (Å²) in [6.45, 7) is 1.21. The predicted molar refractivity (Wildman–Crippen MR) is 108 cm³/mol. The van der Waals surface area contributed by atoms with Gasteiger partial charge >= 0.3 is 7.75 Å². The molecule has 0 saturated carbocycles. The summed E-state index contributed by atoms with van der Waals surface area (Å²) < 4.78 is 40.3. The molecule has 5 nitrogen and oxygen atoms in total. The van der Waals surface area contributed by atoms with E-state index in [2.05, 4.69) is 4.90 Å². The maximum atomic E-state index is 13.7. The zero-order valence-electron chi connectivity index (χ0n) is 16.0. The van der Waals surface area contributed by atoms with Crippen molar-refractivity contribution in [3.8, 4) is 0 Å². The molecule has 1 saturated heterocycles. The third-order valence-corrected chi connectivity index (χ3v) is 6.89. The number of nitrogens with zero attached hydrogens (tertiary/aromatic N) is 2. The number of rotatable bonds is 5. The van der Waals surface area contributed by atoms with Crippen molar-refractivity contribution >= 4 is 18.6 Å². The van der Waals surface area contributed by atoms with Crippen molar-refractivity contribution in [2.24, 2.45) is 0 Å². The summed E-state index contributed by atoms with van der Waals surface area (Å²) in [6, 6.07) is 14.0. The van der Waals surface area contributed by atoms with Crippen LogP contribution in [0.4, 0.5) is 4.39 Å². The van der Waals surface area contributed by atoms with Crippen molar-refractivity contribution in [3.63, 3.8) is 0 Å². The summed E-state index contributed by atoms with van der Waals surface area (Å²) >= 11 is 0. The van der Waals surface area contributed by atoms with Gasteiger partial charge in [-0.1, -0.05) is 30.3 Å². The molecule has 2 aromatic carbocycles. The molecular weight excluding hydrogens is 378 g/mol. The fourth-order valence-corrected chi connectivity index (χ4v) is 5.41. The van der Waals surface area contributed by atoms with Gasteiger partial charge in [-0.05, 0) is 49.8 Å². The quantitative estimate of drug-likeness (QED) is 0.562. The van der Waals surface area contributed by atoms with Crippen LogP contribution >= 0.6 is 7.75 Å². The molecule has 3 aromatic rings. The second-order valence-electron chi connectivity index (χ2n) is 7.31. The minimum absolute atomic E-state index is 0.305. The molecule has 2 heterocycles. The van der Waals surface area contributed by atoms with Gasteiger partial charge in [-0.15, -0.1) is 0 Å². The lowest BCUT2D eigenvalue weighted by atomic mass is 10.1. The normalized spacial score (nSPS) is 22.8. The highest BCUT2D eigenvalue weighted by molar-refractivity contribution is 7.52. The summed E-state index contributed by atoms with van der Waals surface area (Å²) in [7, 11) is 0.497. The van der Waals surface area contributed by atoms with Crippen LogP contribution in [0, 0.1) is 5.82 Å². The van der Waals surface area contributed by atoms with E-state index < -0.39 is 13.9 Å². The van der Waals surface area contributed by atoms with Crippen LogP contribution in [0.25, 0.3) is 10.9 Å². The Hall–Kier alpha value is -1.98. The zero-order chi connectivity index (χ0) is 19.7. The Morgan fingerprint density at radius 3 is 2.68 bits per heavy atom. The number of hydrogen-bond acceptors (Lipinski definition) is 4. The first-order valence-corrected chi connectivity index (χ1v) is 10.9. The Balaban J connectivity index is 1.69. The molecule has 1 fully saturated rings. The molecule has 28 heavy (non-hydrogen) atoms. The van der Waals surface area contributed by atoms with E-state index >= 15 is 0 Å². The second kappa shape index (κ2) is 7.80. The SMILES string of the molecule is CN(C)CCc1cn(P2(=O)OCCC(c3ccc(F)cc3)O2)c2ccccc12. The molecule has 1 aliphatic heterocycles. The molecule has 0 bridgehead atoms. The average Bonchev–Trinajstić information content (AvgIpc) is 3.07. The average molecular weight is 402 g/mol. The molecule has 0 N–H and O–H groups in total. The van der Waals surface area contributed by atoms with Gasteiger partial charge in [-0.25, -0.2) is 8.96 Å². The second-order valence-corrected chi connectivity index (χ2v) is 9.14. The lowest BCUT2D eigenvalue weighted by Gasteiger charge is -2.30. The van der Waals surface area contributed by atoms with Gasteiger partial charge in [0.25, 0.3) is 0 Å². The Morgan fingerprint density at radius 1 is 1.18 bits per heavy atom. The van der Waals surface area contributed by atoms with Crippen molar-refractivity contribution in [2.75, 3.05) is 27.2 Å². The number of aromatic nitrogens is 1. The predicted octanol–water partition coefficient (Wildman–Crippen LogP) is 5.02. The Morgan fingerprint density at radius 2 is 1.93 bits per heavy atom. The Kier molecular flexibility index (Phi) is 5.39. The summed E-state index contributed by atoms with van der Waals surface area (Å²) in [4.78, 5) is 2.12. The van der Waals surface area contributed by atoms with Gasteiger partial charge in [0, 0.05) is 24.5 Å². The zero-order valence-corrected chi connectivity index (χ0v) is 16.9. The monoisotopic (exact) mass is 402 g/mol. The molecule has 0 amide bonds. The smallest absolute Gasteiger partial charge is 0.309 e. The highest BCUT2D eigenvalue weighted by atomic mass is 31.2. The molecular formula is C21H24FN2O3P. The Labute approximate surface area is 164 Å². The van der Waals surface area contributed by atoms with E-state index in [1.54, 1.807) is 16.5 Å². The maximum Gasteiger partial charge on any atom is 0.439 e. The number of likely N-dealkylation sites (N-methyl/N-ethyl adjacent to an activating group) is 1. The first-order chi connectivity index (χ1) is 13.5. The lowest BCUT2D eigenvalue weighted by molar-refractivity contribution is 0.0771. The highest BCUT2D eigenvalue weighted by Gasteiger charge is 2.37. The van der Waals surface area contributed by atoms with Crippen LogP contribution in [0.3, 0.4) is 0 Å². The number of hydrogen-bond donors (Lipinski definition) is 0. The minimum Gasteiger partial charge on any atom is -0.309 e. The van der Waals surface area contributed by atoms with Crippen molar-refractivity contribution in [1.82, 2.24) is 9.24 Å². The Bertz CT molecular complexity index is 1020. The van der Waals surface area contributed by atoms with Gasteiger partial charge < -0.3 is 4.90 Å². The van der Waals surface area contributed by atoms with E-state index in [4.69, 9.17) is 9.05 Å². The van der Waals surface area contributed by atoms with Gasteiger partial charge in [0.05, 0.1) is 18.2 Å². The van der Waals surface area contributed by atoms with Crippen LogP contribution in [-0.2, 0) is 20.0 Å². The van der Waals surface area contributed by atoms with Crippen LogP contribution in [0.15, 0.2) is 54.7 Å². The highest BCUT2D eigenvalue weighted by Crippen LogP contribution is 2.58. The first-order valence-electron chi connectivity index (χ1n) is 9.39. The first kappa shape index (κ1) is 19.3. The molecule has 0 aliphatic carbocycles. The summed E-state index contributed by atoms with van der Waals surface area (Å²) in [6.07, 6.45) is 2.90. The molecule has 4 rings (SSSR count). The summed E-state index contributed by atoms with van der Waals surface area (Å²) in [5.74, 6) is -0.305. The molecule has 1 aliphatic rings. The van der Waals surface area contributed by atoms with Crippen molar-refractivity contribution in [2.45, 2.75) is 18.9 Å². The van der Waals surface area contributed by atoms with Crippen molar-refractivity contribution < 1.29 is 18.0 Å². The van der Waals surface area contributed by atoms with Gasteiger partial charge in [0.1, 0.15) is 5.82 Å². The van der Waals surface area contributed by atoms with Crippen molar-refractivity contribution in [3.05, 3.63) is 71.7 Å². The molecule has 2 unspecified atom stereocenters. The third-order valence-electron chi connectivity index (χ3n) is 5.00. The molecule has 0 spiro atoms. The van der Waals surface area contributed by atoms with Gasteiger partial charge in [0.15, 0.2) is 0 Å². The van der Waals surface area contributed by atoms with Crippen molar-refractivity contribution in [1.29, 1.82) is 0 Å². The number of fused-ring (bicyclic) bond motifs is 1. The van der Waals surface area contributed by atoms with E-state index in [-0.39, 0.29) is 5.82 Å². The number of halogens is 1. The van der Waals surface area contributed by atoms with Gasteiger partial charge in [-0.3, -0.25) is 13.4 Å². The number of para-hydroxylation sites is 1. The number of benzene rings is 2. The fourth-order valence-electron chi connectivity index (χ4n) is 3.51. The fraction of sp³-hybridized carbons (Fsp3) is 0.333. The van der Waals surface area contributed by atoms with Crippen LogP contribution < -0.4 is 0 Å². The van der Waals surface area contributed by atoms with Crippen LogP contribution in [-0.4, -0.2) is 36.5 Å². The van der Waals surface area contributed by atoms with Crippen LogP contribution in [0.2, 0.25) is 0 Å². The summed E-state index contributed by atoms with van der Waals surface area (Å²) in [5.41, 5.74) is 2.74. The lowest BCUT2D eigenvalue weighted by Crippen LogP contribution is -2.17. The topological polar surface area (TPSA) is 43.7 Å². The summed E-state index contributed by atoms with van der Waals surface area (Å²) in [5, 5.41) is 1.05. The van der Waals surface area contributed by atoms with Gasteiger partial charge in [0.2, 0.25) is 0 Å². The molecule has 0 radical (unpaired) electrons. The molecule has 2 atom stereocenters. The van der Waals surface area contributed by atoms with Gasteiger partial charge in [-0.2, -0.15) is 0 Å². The van der Waals surface area contributed by atoms with E-state index in [0.29, 0.717) is 13.0 Å². The van der Waals surface area contributed by atoms with E-state index in [0.717, 1.165) is 35.0 Å². The van der Waals surface area contributed by atoms with E-state index in [1.807, 2.05) is 44.6 Å². The molecule has 148 valence electrons. The van der Waals surface area contributed by atoms with Crippen LogP contribution in [0.1, 0.15) is 23.7 Å². The standard InChI is InChI=1S/C21H24FN2O3P/c1-23(2)13-11-17-15-24(20-6-4-3-5-19(17)20)28(25)26-14-12-21(27-28)16-7-9-18(22)10-8-16/h3-10,15,21H,11-14H2,1-2H3. The maximum absolute atomic E-state index is 13.7. The molecule has 1 aromatic heterocycles. The third kappa shape index (κ3) is 3.78.